The Morgan fingerprint density at radius 3 is 2.62 bits per heavy atom. The first kappa shape index (κ1) is 14.3. The molecule has 3 rings (SSSR count). The molecule has 0 aromatic heterocycles. The fraction of sp³-hybridized carbons (Fsp3) is 0.471. The summed E-state index contributed by atoms with van der Waals surface area (Å²) in [4.78, 5) is 14.3. The third-order valence-corrected chi connectivity index (χ3v) is 4.41. The van der Waals surface area contributed by atoms with E-state index in [9.17, 15) is 9.90 Å². The van der Waals surface area contributed by atoms with Crippen molar-refractivity contribution in [3.8, 4) is 0 Å². The molecule has 2 aliphatic rings. The van der Waals surface area contributed by atoms with Crippen LogP contribution in [-0.4, -0.2) is 34.2 Å². The Morgan fingerprint density at radius 2 is 2.00 bits per heavy atom. The molecule has 21 heavy (non-hydrogen) atoms. The zero-order valence-electron chi connectivity index (χ0n) is 12.6. The van der Waals surface area contributed by atoms with Gasteiger partial charge in [0, 0.05) is 11.1 Å². The standard InChI is InChI=1S/C17H21NO3/c1-11(2)14(19)17-9-12(3)15(20)18(17)16(21-10-17)13-7-5-4-6-8-13/h4-9,11,14,16,19H,10H2,1-3H3/t14-,16-,17-/m1/s1. The smallest absolute Gasteiger partial charge is 0.252 e. The molecule has 4 heteroatoms. The van der Waals surface area contributed by atoms with Crippen molar-refractivity contribution in [2.75, 3.05) is 6.61 Å². The van der Waals surface area contributed by atoms with Gasteiger partial charge in [-0.15, -0.1) is 0 Å². The predicted octanol–water partition coefficient (Wildman–Crippen LogP) is 2.26. The lowest BCUT2D eigenvalue weighted by Gasteiger charge is -2.37. The lowest BCUT2D eigenvalue weighted by molar-refractivity contribution is -0.137. The Balaban J connectivity index is 2.03. The minimum absolute atomic E-state index is 0.0422. The van der Waals surface area contributed by atoms with Crippen molar-refractivity contribution in [3.05, 3.63) is 47.5 Å². The Labute approximate surface area is 125 Å². The van der Waals surface area contributed by atoms with Crippen molar-refractivity contribution >= 4 is 5.91 Å². The van der Waals surface area contributed by atoms with Crippen LogP contribution in [0.15, 0.2) is 42.0 Å². The van der Waals surface area contributed by atoms with Crippen LogP contribution in [0.1, 0.15) is 32.6 Å². The average molecular weight is 287 g/mol. The fourth-order valence-corrected chi connectivity index (χ4v) is 3.36. The van der Waals surface area contributed by atoms with Crippen LogP contribution in [0.3, 0.4) is 0 Å². The van der Waals surface area contributed by atoms with Crippen molar-refractivity contribution in [2.45, 2.75) is 38.6 Å². The number of rotatable bonds is 3. The number of fused-ring (bicyclic) bond motifs is 1. The second-order valence-corrected chi connectivity index (χ2v) is 6.26. The number of nitrogens with zero attached hydrogens (tertiary/aromatic N) is 1. The lowest BCUT2D eigenvalue weighted by atomic mass is 9.86. The molecule has 4 nitrogen and oxygen atoms in total. The molecule has 2 heterocycles. The van der Waals surface area contributed by atoms with E-state index in [-0.39, 0.29) is 11.8 Å². The highest BCUT2D eigenvalue weighted by atomic mass is 16.5. The maximum absolute atomic E-state index is 12.6. The Kier molecular flexibility index (Phi) is 3.38. The average Bonchev–Trinajstić information content (AvgIpc) is 2.97. The maximum atomic E-state index is 12.6. The summed E-state index contributed by atoms with van der Waals surface area (Å²) < 4.78 is 5.90. The first-order valence-corrected chi connectivity index (χ1v) is 7.35. The molecular formula is C17H21NO3. The van der Waals surface area contributed by atoms with Crippen LogP contribution >= 0.6 is 0 Å². The van der Waals surface area contributed by atoms with Crippen LogP contribution in [0.25, 0.3) is 0 Å². The van der Waals surface area contributed by atoms with Crippen molar-refractivity contribution in [2.24, 2.45) is 5.92 Å². The molecule has 112 valence electrons. The van der Waals surface area contributed by atoms with Gasteiger partial charge in [0.15, 0.2) is 6.23 Å². The molecule has 2 aliphatic heterocycles. The normalized spacial score (nSPS) is 29.8. The van der Waals surface area contributed by atoms with E-state index in [2.05, 4.69) is 0 Å². The van der Waals surface area contributed by atoms with Gasteiger partial charge in [0.2, 0.25) is 0 Å². The molecule has 0 unspecified atom stereocenters. The Morgan fingerprint density at radius 1 is 1.33 bits per heavy atom. The highest BCUT2D eigenvalue weighted by molar-refractivity contribution is 5.97. The van der Waals surface area contributed by atoms with Gasteiger partial charge >= 0.3 is 0 Å². The van der Waals surface area contributed by atoms with Crippen LogP contribution in [0, 0.1) is 5.92 Å². The molecule has 3 atom stereocenters. The lowest BCUT2D eigenvalue weighted by Crippen LogP contribution is -2.54. The number of hydrogen-bond donors (Lipinski definition) is 1. The minimum atomic E-state index is -0.740. The van der Waals surface area contributed by atoms with E-state index in [0.717, 1.165) is 5.56 Å². The van der Waals surface area contributed by atoms with Crippen LogP contribution in [0.5, 0.6) is 0 Å². The van der Waals surface area contributed by atoms with Crippen molar-refractivity contribution in [3.63, 3.8) is 0 Å². The van der Waals surface area contributed by atoms with Gasteiger partial charge in [0.1, 0.15) is 5.54 Å². The van der Waals surface area contributed by atoms with E-state index in [1.54, 1.807) is 11.8 Å². The third kappa shape index (κ3) is 2.01. The second kappa shape index (κ2) is 4.97. The molecule has 1 fully saturated rings. The number of aliphatic hydroxyl groups is 1. The van der Waals surface area contributed by atoms with E-state index < -0.39 is 17.9 Å². The van der Waals surface area contributed by atoms with Crippen molar-refractivity contribution in [1.29, 1.82) is 0 Å². The predicted molar refractivity (Wildman–Crippen MR) is 79.3 cm³/mol. The van der Waals surface area contributed by atoms with Gasteiger partial charge in [-0.25, -0.2) is 0 Å². The van der Waals surface area contributed by atoms with E-state index in [1.165, 1.54) is 0 Å². The van der Waals surface area contributed by atoms with E-state index >= 15 is 0 Å². The number of aliphatic hydroxyl groups excluding tert-OH is 1. The number of benzene rings is 1. The summed E-state index contributed by atoms with van der Waals surface area (Å²) in [6.45, 7) is 6.05. The monoisotopic (exact) mass is 287 g/mol. The summed E-state index contributed by atoms with van der Waals surface area (Å²) in [7, 11) is 0. The van der Waals surface area contributed by atoms with Gasteiger partial charge in [-0.1, -0.05) is 44.2 Å². The summed E-state index contributed by atoms with van der Waals surface area (Å²) in [5.41, 5.74) is 0.876. The van der Waals surface area contributed by atoms with Gasteiger partial charge in [0.05, 0.1) is 12.7 Å². The summed E-state index contributed by atoms with van der Waals surface area (Å²) in [5.74, 6) is -0.0124. The molecule has 0 spiro atoms. The largest absolute Gasteiger partial charge is 0.390 e. The van der Waals surface area contributed by atoms with Gasteiger partial charge < -0.3 is 9.84 Å². The van der Waals surface area contributed by atoms with Gasteiger partial charge in [-0.3, -0.25) is 9.69 Å². The molecular weight excluding hydrogens is 266 g/mol. The quantitative estimate of drug-likeness (QED) is 0.927. The zero-order valence-corrected chi connectivity index (χ0v) is 12.6. The first-order chi connectivity index (χ1) is 9.97. The molecule has 1 saturated heterocycles. The highest BCUT2D eigenvalue weighted by Crippen LogP contribution is 2.46. The molecule has 0 radical (unpaired) electrons. The Bertz CT molecular complexity index is 581. The van der Waals surface area contributed by atoms with Gasteiger partial charge in [0.25, 0.3) is 5.91 Å². The number of amides is 1. The summed E-state index contributed by atoms with van der Waals surface area (Å²) in [6.07, 6.45) is 0.802. The summed E-state index contributed by atoms with van der Waals surface area (Å²) in [6, 6.07) is 9.69. The molecule has 1 amide bonds. The highest BCUT2D eigenvalue weighted by Gasteiger charge is 2.57. The van der Waals surface area contributed by atoms with Crippen LogP contribution < -0.4 is 0 Å². The fourth-order valence-electron chi connectivity index (χ4n) is 3.36. The topological polar surface area (TPSA) is 49.8 Å². The molecule has 1 aromatic rings. The van der Waals surface area contributed by atoms with Crippen LogP contribution in [0.4, 0.5) is 0 Å². The van der Waals surface area contributed by atoms with Gasteiger partial charge in [-0.2, -0.15) is 0 Å². The second-order valence-electron chi connectivity index (χ2n) is 6.26. The molecule has 1 N–H and O–H groups in total. The molecule has 0 bridgehead atoms. The van der Waals surface area contributed by atoms with Crippen LogP contribution in [0.2, 0.25) is 0 Å². The van der Waals surface area contributed by atoms with Crippen molar-refractivity contribution < 1.29 is 14.6 Å². The van der Waals surface area contributed by atoms with E-state index in [1.807, 2.05) is 50.3 Å². The third-order valence-electron chi connectivity index (χ3n) is 4.41. The first-order valence-electron chi connectivity index (χ1n) is 7.35. The van der Waals surface area contributed by atoms with Gasteiger partial charge in [-0.05, 0) is 18.9 Å². The molecule has 0 saturated carbocycles. The minimum Gasteiger partial charge on any atom is -0.390 e. The zero-order chi connectivity index (χ0) is 15.2. The van der Waals surface area contributed by atoms with Crippen molar-refractivity contribution in [1.82, 2.24) is 4.90 Å². The number of carbonyl (C=O) groups is 1. The Hall–Kier alpha value is -1.65. The summed E-state index contributed by atoms with van der Waals surface area (Å²) >= 11 is 0. The molecule has 0 aliphatic carbocycles. The van der Waals surface area contributed by atoms with Crippen LogP contribution in [-0.2, 0) is 9.53 Å². The summed E-state index contributed by atoms with van der Waals surface area (Å²) in [5, 5.41) is 10.7. The number of ether oxygens (including phenoxy) is 1. The molecule has 1 aromatic carbocycles. The number of carbonyl (C=O) groups excluding carboxylic acids is 1. The SMILES string of the molecule is CC1=C[C@]2([C@H](O)C(C)C)CO[C@H](c3ccccc3)N2C1=O. The maximum Gasteiger partial charge on any atom is 0.252 e. The number of hydrogen-bond acceptors (Lipinski definition) is 3. The van der Waals surface area contributed by atoms with E-state index in [0.29, 0.717) is 12.2 Å². The van der Waals surface area contributed by atoms with E-state index in [4.69, 9.17) is 4.74 Å².